The lowest BCUT2D eigenvalue weighted by Crippen LogP contribution is -2.30. The molecule has 102 heavy (non-hydrogen) atoms. The van der Waals surface area contributed by atoms with Crippen LogP contribution in [-0.4, -0.2) is 96.7 Å². The second-order valence-corrected chi connectivity index (χ2v) is 30.3. The standard InChI is InChI=1S/C83H148O17P2/c1-5-9-13-17-21-25-29-33-36-37-38-39-42-46-50-54-58-62-66-70-83(88)100-79(74-94-81(86)68-64-60-56-52-48-44-40-34-30-26-22-18-14-10-6-2)76-98-102(91,92)96-72-77(84)71-95-101(89,90)97-75-78(73-93-80(85)67-63-59-55-51-47-43-32-28-24-20-16-12-8-4)99-82(87)69-65-61-57-53-49-45-41-35-31-27-23-19-15-11-7-3/h21,25-26,30,33,35-36,38-39,41,46,50,58,62,77-79,84H,5-20,22-24,27-29,31-32,34,37,40,42-45,47-49,51-57,59-61,63-76H2,1-4H3,(H,89,90)(H,91,92)/b25-21-,30-26-,36-33-,39-38-,41-35-,50-46-,62-58-/t77-,78+,79+/m0/s1. The minimum absolute atomic E-state index is 0.0275. The molecule has 17 nitrogen and oxygen atoms in total. The maximum absolute atomic E-state index is 13.1. The zero-order chi connectivity index (χ0) is 74.6. The molecule has 0 aromatic heterocycles. The number of carbonyl (C=O) groups excluding carboxylic acids is 4. The maximum Gasteiger partial charge on any atom is 0.472 e. The molecule has 0 saturated carbocycles. The fourth-order valence-corrected chi connectivity index (χ4v) is 12.7. The van der Waals surface area contributed by atoms with Crippen LogP contribution in [0.15, 0.2) is 85.1 Å². The molecule has 0 radical (unpaired) electrons. The lowest BCUT2D eigenvalue weighted by Gasteiger charge is -2.21. The molecule has 0 heterocycles. The highest BCUT2D eigenvalue weighted by atomic mass is 31.2. The Morgan fingerprint density at radius 3 is 0.833 bits per heavy atom. The molecule has 5 atom stereocenters. The van der Waals surface area contributed by atoms with Gasteiger partial charge in [-0.15, -0.1) is 0 Å². The first kappa shape index (κ1) is 98.2. The Labute approximate surface area is 621 Å². The van der Waals surface area contributed by atoms with Crippen LogP contribution in [0, 0.1) is 0 Å². The molecule has 0 spiro atoms. The van der Waals surface area contributed by atoms with Crippen molar-refractivity contribution in [2.24, 2.45) is 0 Å². The van der Waals surface area contributed by atoms with Crippen LogP contribution in [0.4, 0.5) is 0 Å². The van der Waals surface area contributed by atoms with Crippen molar-refractivity contribution in [2.75, 3.05) is 39.6 Å². The van der Waals surface area contributed by atoms with E-state index in [2.05, 4.69) is 94.5 Å². The first-order valence-electron chi connectivity index (χ1n) is 40.8. The quantitative estimate of drug-likeness (QED) is 0.0169. The van der Waals surface area contributed by atoms with Gasteiger partial charge in [0.15, 0.2) is 12.2 Å². The zero-order valence-corrected chi connectivity index (χ0v) is 66.6. The minimum atomic E-state index is -4.99. The molecule has 0 rings (SSSR count). The molecule has 2 unspecified atom stereocenters. The lowest BCUT2D eigenvalue weighted by atomic mass is 10.0. The summed E-state index contributed by atoms with van der Waals surface area (Å²) in [6.45, 7) is 4.79. The van der Waals surface area contributed by atoms with Crippen LogP contribution in [0.3, 0.4) is 0 Å². The summed E-state index contributed by atoms with van der Waals surface area (Å²) in [5.41, 5.74) is 0. The number of aliphatic hydroxyl groups is 1. The van der Waals surface area contributed by atoms with Gasteiger partial charge in [0.1, 0.15) is 19.3 Å². The number of phosphoric acid groups is 2. The predicted octanol–water partition coefficient (Wildman–Crippen LogP) is 23.8. The third kappa shape index (κ3) is 74.5. The fraction of sp³-hybridized carbons (Fsp3) is 0.783. The van der Waals surface area contributed by atoms with Crippen molar-refractivity contribution in [3.63, 3.8) is 0 Å². The van der Waals surface area contributed by atoms with E-state index < -0.39 is 97.5 Å². The van der Waals surface area contributed by atoms with E-state index in [1.807, 2.05) is 18.2 Å². The molecule has 0 aliphatic carbocycles. The van der Waals surface area contributed by atoms with E-state index in [0.717, 1.165) is 122 Å². The van der Waals surface area contributed by atoms with Crippen molar-refractivity contribution in [1.82, 2.24) is 0 Å². The summed E-state index contributed by atoms with van der Waals surface area (Å²) in [6, 6.07) is 0. The number of hydrogen-bond acceptors (Lipinski definition) is 15. The van der Waals surface area contributed by atoms with Crippen LogP contribution < -0.4 is 0 Å². The molecule has 0 saturated heterocycles. The minimum Gasteiger partial charge on any atom is -0.462 e. The van der Waals surface area contributed by atoms with Crippen molar-refractivity contribution in [1.29, 1.82) is 0 Å². The van der Waals surface area contributed by atoms with E-state index in [-0.39, 0.29) is 25.7 Å². The van der Waals surface area contributed by atoms with Gasteiger partial charge in [-0.05, 0) is 116 Å². The van der Waals surface area contributed by atoms with Gasteiger partial charge in [-0.3, -0.25) is 37.3 Å². The van der Waals surface area contributed by atoms with Crippen LogP contribution in [0.2, 0.25) is 0 Å². The smallest absolute Gasteiger partial charge is 0.462 e. The average Bonchev–Trinajstić information content (AvgIpc) is 1.21. The molecule has 0 fully saturated rings. The number of aliphatic hydroxyl groups excluding tert-OH is 1. The normalized spacial score (nSPS) is 14.3. The van der Waals surface area contributed by atoms with Crippen LogP contribution in [-0.2, 0) is 65.4 Å². The van der Waals surface area contributed by atoms with Gasteiger partial charge < -0.3 is 33.8 Å². The van der Waals surface area contributed by atoms with Crippen LogP contribution in [0.5, 0.6) is 0 Å². The van der Waals surface area contributed by atoms with Gasteiger partial charge in [-0.2, -0.15) is 0 Å². The first-order valence-corrected chi connectivity index (χ1v) is 43.8. The van der Waals surface area contributed by atoms with Crippen molar-refractivity contribution in [3.05, 3.63) is 85.1 Å². The van der Waals surface area contributed by atoms with Crippen molar-refractivity contribution in [3.8, 4) is 0 Å². The maximum atomic E-state index is 13.1. The second kappa shape index (κ2) is 75.5. The highest BCUT2D eigenvalue weighted by Gasteiger charge is 2.30. The van der Waals surface area contributed by atoms with Crippen LogP contribution in [0.1, 0.15) is 362 Å². The van der Waals surface area contributed by atoms with Gasteiger partial charge in [-0.1, -0.05) is 305 Å². The SMILES string of the molecule is CCCCC/C=C\C/C=C\C/C=C\C/C=C\C/C=C\CCC(=O)O[C@H](COC(=O)CCCCCCCCC/C=C\CCCCCC)COP(=O)(O)OC[C@@H](O)COP(=O)(O)OC[C@@H](COC(=O)CCCCCCCCCCCCCCC)OC(=O)CCCCCCC/C=C\CCCCCCCC. The Morgan fingerprint density at radius 2 is 0.500 bits per heavy atom. The zero-order valence-electron chi connectivity index (χ0n) is 64.8. The Balaban J connectivity index is 5.41. The third-order valence-electron chi connectivity index (χ3n) is 17.3. The summed E-state index contributed by atoms with van der Waals surface area (Å²) in [7, 11) is -9.97. The first-order chi connectivity index (χ1) is 49.7. The Kier molecular flexibility index (Phi) is 72.7. The van der Waals surface area contributed by atoms with Gasteiger partial charge in [0.05, 0.1) is 26.4 Å². The number of unbranched alkanes of at least 4 members (excludes halogenated alkanes) is 37. The number of ether oxygens (including phenoxy) is 4. The molecule has 0 aromatic carbocycles. The van der Waals surface area contributed by atoms with E-state index in [4.69, 9.17) is 37.0 Å². The van der Waals surface area contributed by atoms with Crippen LogP contribution in [0.25, 0.3) is 0 Å². The Bertz CT molecular complexity index is 2260. The number of allylic oxidation sites excluding steroid dienone is 14. The predicted molar refractivity (Wildman–Crippen MR) is 418 cm³/mol. The van der Waals surface area contributed by atoms with E-state index in [1.165, 1.54) is 154 Å². The molecule has 0 aliphatic heterocycles. The highest BCUT2D eigenvalue weighted by Crippen LogP contribution is 2.45. The van der Waals surface area contributed by atoms with Crippen molar-refractivity contribution in [2.45, 2.75) is 380 Å². The fourth-order valence-electron chi connectivity index (χ4n) is 11.1. The monoisotopic (exact) mass is 1480 g/mol. The Hall–Kier alpha value is -3.76. The van der Waals surface area contributed by atoms with Gasteiger partial charge in [0.2, 0.25) is 0 Å². The molecular weight excluding hydrogens is 1330 g/mol. The average molecular weight is 1480 g/mol. The van der Waals surface area contributed by atoms with Gasteiger partial charge >= 0.3 is 39.5 Å². The second-order valence-electron chi connectivity index (χ2n) is 27.4. The third-order valence-corrected chi connectivity index (χ3v) is 19.2. The highest BCUT2D eigenvalue weighted by molar-refractivity contribution is 7.47. The molecular formula is C83H148O17P2. The summed E-state index contributed by atoms with van der Waals surface area (Å²) in [6.07, 6.45) is 78.5. The largest absolute Gasteiger partial charge is 0.472 e. The summed E-state index contributed by atoms with van der Waals surface area (Å²) in [4.78, 5) is 73.0. The van der Waals surface area contributed by atoms with Crippen molar-refractivity contribution < 1.29 is 80.2 Å². The molecule has 0 aliphatic rings. The van der Waals surface area contributed by atoms with Crippen LogP contribution >= 0.6 is 15.6 Å². The Morgan fingerprint density at radius 1 is 0.275 bits per heavy atom. The lowest BCUT2D eigenvalue weighted by molar-refractivity contribution is -0.161. The number of esters is 4. The van der Waals surface area contributed by atoms with Gasteiger partial charge in [-0.25, -0.2) is 9.13 Å². The molecule has 592 valence electrons. The van der Waals surface area contributed by atoms with Gasteiger partial charge in [0.25, 0.3) is 0 Å². The van der Waals surface area contributed by atoms with E-state index >= 15 is 0 Å². The molecule has 19 heteroatoms. The number of hydrogen-bond donors (Lipinski definition) is 3. The summed E-state index contributed by atoms with van der Waals surface area (Å²) >= 11 is 0. The molecule has 0 amide bonds. The topological polar surface area (TPSA) is 237 Å². The summed E-state index contributed by atoms with van der Waals surface area (Å²) in [5.74, 6) is -2.26. The summed E-state index contributed by atoms with van der Waals surface area (Å²) < 4.78 is 68.6. The van der Waals surface area contributed by atoms with Gasteiger partial charge in [0, 0.05) is 25.7 Å². The molecule has 0 aromatic rings. The number of phosphoric ester groups is 2. The van der Waals surface area contributed by atoms with E-state index in [1.54, 1.807) is 0 Å². The molecule has 3 N–H and O–H groups in total. The number of rotatable bonds is 77. The molecule has 0 bridgehead atoms. The van der Waals surface area contributed by atoms with Crippen molar-refractivity contribution >= 4 is 39.5 Å². The number of carbonyl (C=O) groups is 4. The van der Waals surface area contributed by atoms with E-state index in [9.17, 15) is 43.2 Å². The summed E-state index contributed by atoms with van der Waals surface area (Å²) in [5, 5.41) is 10.6. The van der Waals surface area contributed by atoms with E-state index in [0.29, 0.717) is 32.1 Å².